The van der Waals surface area contributed by atoms with Gasteiger partial charge in [0, 0.05) is 16.8 Å². The van der Waals surface area contributed by atoms with Crippen LogP contribution in [0.4, 0.5) is 0 Å². The number of nitrogens with zero attached hydrogens (tertiary/aromatic N) is 1. The Balaban J connectivity index is 2.51. The van der Waals surface area contributed by atoms with Crippen molar-refractivity contribution in [3.8, 4) is 0 Å². The van der Waals surface area contributed by atoms with Crippen LogP contribution in [0.2, 0.25) is 5.02 Å². The summed E-state index contributed by atoms with van der Waals surface area (Å²) < 4.78 is 0. The third kappa shape index (κ3) is 6.40. The van der Waals surface area contributed by atoms with Gasteiger partial charge >= 0.3 is 5.97 Å². The van der Waals surface area contributed by atoms with Gasteiger partial charge in [-0.2, -0.15) is 0 Å². The Hall–Kier alpha value is -1.20. The molecule has 0 spiro atoms. The van der Waals surface area contributed by atoms with Crippen LogP contribution < -0.4 is 0 Å². The van der Waals surface area contributed by atoms with Crippen molar-refractivity contribution < 1.29 is 14.7 Å². The van der Waals surface area contributed by atoms with Crippen molar-refractivity contribution >= 4 is 35.2 Å². The molecular formula is C15H20ClNO3S. The molecular weight excluding hydrogens is 310 g/mol. The van der Waals surface area contributed by atoms with Crippen molar-refractivity contribution in [2.45, 2.75) is 32.1 Å². The highest BCUT2D eigenvalue weighted by Crippen LogP contribution is 2.17. The van der Waals surface area contributed by atoms with E-state index in [2.05, 4.69) is 0 Å². The summed E-state index contributed by atoms with van der Waals surface area (Å²) in [4.78, 5) is 24.4. The molecule has 1 N–H and O–H groups in total. The Morgan fingerprint density at radius 1 is 1.43 bits per heavy atom. The largest absolute Gasteiger partial charge is 0.480 e. The van der Waals surface area contributed by atoms with E-state index in [1.165, 1.54) is 16.7 Å². The van der Waals surface area contributed by atoms with E-state index in [1.807, 2.05) is 32.0 Å². The van der Waals surface area contributed by atoms with Gasteiger partial charge < -0.3 is 10.0 Å². The summed E-state index contributed by atoms with van der Waals surface area (Å²) in [6.07, 6.45) is 0.734. The van der Waals surface area contributed by atoms with E-state index in [0.29, 0.717) is 10.8 Å². The SMILES string of the molecule is CCC(C)N(CC(=O)O)C(=O)CSCc1cccc(Cl)c1. The maximum atomic E-state index is 12.2. The second-order valence-corrected chi connectivity index (χ2v) is 6.22. The van der Waals surface area contributed by atoms with Crippen LogP contribution in [0.15, 0.2) is 24.3 Å². The maximum absolute atomic E-state index is 12.2. The van der Waals surface area contributed by atoms with Crippen LogP contribution >= 0.6 is 23.4 Å². The summed E-state index contributed by atoms with van der Waals surface area (Å²) in [6, 6.07) is 7.42. The molecule has 1 amide bonds. The Morgan fingerprint density at radius 3 is 2.71 bits per heavy atom. The summed E-state index contributed by atoms with van der Waals surface area (Å²) in [5.74, 6) is -0.181. The number of halogens is 1. The number of carbonyl (C=O) groups excluding carboxylic acids is 1. The lowest BCUT2D eigenvalue weighted by atomic mass is 10.2. The van der Waals surface area contributed by atoms with Gasteiger partial charge in [-0.1, -0.05) is 30.7 Å². The fourth-order valence-electron chi connectivity index (χ4n) is 1.82. The molecule has 1 aromatic carbocycles. The first-order valence-corrected chi connectivity index (χ1v) is 8.30. The molecule has 4 nitrogen and oxygen atoms in total. The highest BCUT2D eigenvalue weighted by molar-refractivity contribution is 7.99. The number of hydrogen-bond acceptors (Lipinski definition) is 3. The lowest BCUT2D eigenvalue weighted by Crippen LogP contribution is -2.42. The number of rotatable bonds is 8. The number of amides is 1. The van der Waals surface area contributed by atoms with Gasteiger partial charge in [0.15, 0.2) is 0 Å². The molecule has 0 saturated carbocycles. The topological polar surface area (TPSA) is 57.6 Å². The summed E-state index contributed by atoms with van der Waals surface area (Å²) in [5, 5.41) is 9.57. The van der Waals surface area contributed by atoms with Crippen LogP contribution in [0.3, 0.4) is 0 Å². The molecule has 6 heteroatoms. The zero-order chi connectivity index (χ0) is 15.8. The molecule has 0 heterocycles. The maximum Gasteiger partial charge on any atom is 0.323 e. The van der Waals surface area contributed by atoms with Gasteiger partial charge in [-0.15, -0.1) is 11.8 Å². The third-order valence-corrected chi connectivity index (χ3v) is 4.36. The zero-order valence-corrected chi connectivity index (χ0v) is 13.8. The van der Waals surface area contributed by atoms with E-state index in [4.69, 9.17) is 16.7 Å². The van der Waals surface area contributed by atoms with E-state index in [0.717, 1.165) is 12.0 Å². The number of hydrogen-bond donors (Lipinski definition) is 1. The fraction of sp³-hybridized carbons (Fsp3) is 0.467. The Bertz CT molecular complexity index is 496. The predicted octanol–water partition coefficient (Wildman–Crippen LogP) is 3.28. The summed E-state index contributed by atoms with van der Waals surface area (Å²) in [5.41, 5.74) is 1.05. The van der Waals surface area contributed by atoms with Crippen molar-refractivity contribution in [3.05, 3.63) is 34.9 Å². The van der Waals surface area contributed by atoms with Gasteiger partial charge in [0.05, 0.1) is 5.75 Å². The lowest BCUT2D eigenvalue weighted by Gasteiger charge is -2.26. The first kappa shape index (κ1) is 17.9. The molecule has 0 aromatic heterocycles. The van der Waals surface area contributed by atoms with E-state index >= 15 is 0 Å². The molecule has 21 heavy (non-hydrogen) atoms. The standard InChI is InChI=1S/C15H20ClNO3S/c1-3-11(2)17(8-15(19)20)14(18)10-21-9-12-5-4-6-13(16)7-12/h4-7,11H,3,8-10H2,1-2H3,(H,19,20). The molecule has 1 atom stereocenters. The molecule has 0 aliphatic carbocycles. The molecule has 1 aromatic rings. The summed E-state index contributed by atoms with van der Waals surface area (Å²) >= 11 is 7.37. The zero-order valence-electron chi connectivity index (χ0n) is 12.2. The highest BCUT2D eigenvalue weighted by atomic mass is 35.5. The van der Waals surface area contributed by atoms with Crippen molar-refractivity contribution in [2.75, 3.05) is 12.3 Å². The molecule has 0 fully saturated rings. The van der Waals surface area contributed by atoms with Crippen molar-refractivity contribution in [2.24, 2.45) is 0 Å². The first-order chi connectivity index (χ1) is 9.93. The fourth-order valence-corrected chi connectivity index (χ4v) is 2.89. The number of carbonyl (C=O) groups is 2. The molecule has 0 aliphatic rings. The van der Waals surface area contributed by atoms with Crippen LogP contribution in [0.5, 0.6) is 0 Å². The normalized spacial score (nSPS) is 12.0. The van der Waals surface area contributed by atoms with Crippen molar-refractivity contribution in [1.82, 2.24) is 4.90 Å². The lowest BCUT2D eigenvalue weighted by molar-refractivity contribution is -0.144. The van der Waals surface area contributed by atoms with Crippen LogP contribution in [-0.2, 0) is 15.3 Å². The molecule has 116 valence electrons. The molecule has 1 rings (SSSR count). The Kier molecular flexibility index (Phi) is 7.61. The molecule has 0 saturated heterocycles. The van der Waals surface area contributed by atoms with Gasteiger partial charge in [-0.3, -0.25) is 9.59 Å². The molecule has 1 unspecified atom stereocenters. The molecule has 0 bridgehead atoms. The number of carboxylic acid groups (broad SMARTS) is 1. The second kappa shape index (κ2) is 8.95. The van der Waals surface area contributed by atoms with E-state index in [-0.39, 0.29) is 24.2 Å². The number of benzene rings is 1. The second-order valence-electron chi connectivity index (χ2n) is 4.80. The van der Waals surface area contributed by atoms with Crippen molar-refractivity contribution in [1.29, 1.82) is 0 Å². The van der Waals surface area contributed by atoms with Crippen LogP contribution in [0.25, 0.3) is 0 Å². The minimum absolute atomic E-state index is 0.0691. The number of carboxylic acids is 1. The third-order valence-electron chi connectivity index (χ3n) is 3.13. The van der Waals surface area contributed by atoms with Gasteiger partial charge in [0.1, 0.15) is 6.54 Å². The van der Waals surface area contributed by atoms with E-state index < -0.39 is 5.97 Å². The predicted molar refractivity (Wildman–Crippen MR) is 86.7 cm³/mol. The minimum atomic E-state index is -0.983. The minimum Gasteiger partial charge on any atom is -0.480 e. The van der Waals surface area contributed by atoms with Crippen LogP contribution in [0.1, 0.15) is 25.8 Å². The monoisotopic (exact) mass is 329 g/mol. The number of thioether (sulfide) groups is 1. The quantitative estimate of drug-likeness (QED) is 0.795. The van der Waals surface area contributed by atoms with E-state index in [9.17, 15) is 9.59 Å². The van der Waals surface area contributed by atoms with Gasteiger partial charge in [0.25, 0.3) is 0 Å². The average Bonchev–Trinajstić information content (AvgIpc) is 2.43. The van der Waals surface area contributed by atoms with Crippen LogP contribution in [0, 0.1) is 0 Å². The molecule has 0 aliphatic heterocycles. The van der Waals surface area contributed by atoms with E-state index in [1.54, 1.807) is 6.07 Å². The smallest absolute Gasteiger partial charge is 0.323 e. The highest BCUT2D eigenvalue weighted by Gasteiger charge is 2.21. The summed E-state index contributed by atoms with van der Waals surface area (Å²) in [6.45, 7) is 3.56. The number of aliphatic carboxylic acids is 1. The molecule has 0 radical (unpaired) electrons. The average molecular weight is 330 g/mol. The first-order valence-electron chi connectivity index (χ1n) is 6.77. The van der Waals surface area contributed by atoms with Gasteiger partial charge in [-0.05, 0) is 31.0 Å². The Morgan fingerprint density at radius 2 is 2.14 bits per heavy atom. The summed E-state index contributed by atoms with van der Waals surface area (Å²) in [7, 11) is 0. The Labute approximate surface area is 134 Å². The van der Waals surface area contributed by atoms with Gasteiger partial charge in [-0.25, -0.2) is 0 Å². The van der Waals surface area contributed by atoms with Gasteiger partial charge in [0.2, 0.25) is 5.91 Å². The van der Waals surface area contributed by atoms with Crippen molar-refractivity contribution in [3.63, 3.8) is 0 Å². The van der Waals surface area contributed by atoms with Crippen LogP contribution in [-0.4, -0.2) is 40.2 Å².